The van der Waals surface area contributed by atoms with E-state index in [9.17, 15) is 4.79 Å². The first-order valence-electron chi connectivity index (χ1n) is 7.16. The fourth-order valence-electron chi connectivity index (χ4n) is 2.10. The Bertz CT molecular complexity index is 785. The van der Waals surface area contributed by atoms with Crippen molar-refractivity contribution < 1.29 is 4.79 Å². The van der Waals surface area contributed by atoms with Gasteiger partial charge in [-0.3, -0.25) is 4.79 Å². The third-order valence-electron chi connectivity index (χ3n) is 3.29. The van der Waals surface area contributed by atoms with Crippen molar-refractivity contribution in [3.63, 3.8) is 0 Å². The fraction of sp³-hybridized carbons (Fsp3) is 0.118. The van der Waals surface area contributed by atoms with E-state index in [1.165, 1.54) is 11.9 Å². The molecule has 0 radical (unpaired) electrons. The van der Waals surface area contributed by atoms with Gasteiger partial charge < -0.3 is 5.32 Å². The van der Waals surface area contributed by atoms with Crippen molar-refractivity contribution in [3.8, 4) is 5.69 Å². The van der Waals surface area contributed by atoms with Crippen LogP contribution in [-0.2, 0) is 4.79 Å². The molecule has 0 saturated carbocycles. The maximum Gasteiger partial charge on any atom is 0.234 e. The summed E-state index contributed by atoms with van der Waals surface area (Å²) in [6.45, 7) is 2.04. The van der Waals surface area contributed by atoms with Gasteiger partial charge in [-0.15, -0.1) is 11.8 Å². The Labute approximate surface area is 138 Å². The summed E-state index contributed by atoms with van der Waals surface area (Å²) in [7, 11) is 0. The van der Waals surface area contributed by atoms with Crippen molar-refractivity contribution in [2.75, 3.05) is 11.1 Å². The summed E-state index contributed by atoms with van der Waals surface area (Å²) in [5, 5.41) is 6.96. The maximum atomic E-state index is 12.1. The molecule has 3 rings (SSSR count). The molecule has 0 saturated heterocycles. The number of amides is 1. The Balaban J connectivity index is 1.57. The monoisotopic (exact) mass is 324 g/mol. The van der Waals surface area contributed by atoms with E-state index in [-0.39, 0.29) is 5.91 Å². The summed E-state index contributed by atoms with van der Waals surface area (Å²) in [4.78, 5) is 17.1. The number of hydrogen-bond acceptors (Lipinski definition) is 4. The molecule has 0 spiro atoms. The van der Waals surface area contributed by atoms with Crippen LogP contribution in [0.5, 0.6) is 0 Å². The topological polar surface area (TPSA) is 59.8 Å². The predicted octanol–water partition coefficient (Wildman–Crippen LogP) is 3.31. The van der Waals surface area contributed by atoms with Crippen LogP contribution in [0.25, 0.3) is 5.69 Å². The van der Waals surface area contributed by atoms with Gasteiger partial charge in [0.1, 0.15) is 12.7 Å². The number of benzene rings is 2. The second kappa shape index (κ2) is 7.11. The molecule has 2 aromatic carbocycles. The second-order valence-corrected chi connectivity index (χ2v) is 6.01. The van der Waals surface area contributed by atoms with Crippen LogP contribution in [0.3, 0.4) is 0 Å². The molecule has 0 unspecified atom stereocenters. The van der Waals surface area contributed by atoms with E-state index in [4.69, 9.17) is 0 Å². The average molecular weight is 324 g/mol. The van der Waals surface area contributed by atoms with E-state index in [0.29, 0.717) is 5.75 Å². The molecule has 0 fully saturated rings. The number of nitrogens with one attached hydrogen (secondary N) is 1. The Hall–Kier alpha value is -2.60. The van der Waals surface area contributed by atoms with E-state index in [2.05, 4.69) is 15.4 Å². The van der Waals surface area contributed by atoms with E-state index >= 15 is 0 Å². The van der Waals surface area contributed by atoms with Crippen LogP contribution >= 0.6 is 11.8 Å². The molecule has 1 amide bonds. The van der Waals surface area contributed by atoms with Gasteiger partial charge in [0, 0.05) is 10.6 Å². The minimum absolute atomic E-state index is 0.0215. The summed E-state index contributed by atoms with van der Waals surface area (Å²) in [5.41, 5.74) is 2.85. The molecule has 0 aliphatic carbocycles. The predicted molar refractivity (Wildman–Crippen MR) is 91.9 cm³/mol. The minimum Gasteiger partial charge on any atom is -0.325 e. The molecular formula is C17H16N4OS. The van der Waals surface area contributed by atoms with Gasteiger partial charge in [0.2, 0.25) is 5.91 Å². The smallest absolute Gasteiger partial charge is 0.234 e. The lowest BCUT2D eigenvalue weighted by Crippen LogP contribution is -2.14. The number of carbonyl (C=O) groups excluding carboxylic acids is 1. The lowest BCUT2D eigenvalue weighted by atomic mass is 10.2. The number of hydrogen-bond donors (Lipinski definition) is 1. The highest BCUT2D eigenvalue weighted by molar-refractivity contribution is 8.00. The van der Waals surface area contributed by atoms with Gasteiger partial charge in [0.15, 0.2) is 0 Å². The number of aromatic nitrogens is 3. The number of thioether (sulfide) groups is 1. The molecule has 0 bridgehead atoms. The van der Waals surface area contributed by atoms with E-state index in [1.54, 1.807) is 22.8 Å². The Morgan fingerprint density at radius 2 is 1.96 bits per heavy atom. The normalized spacial score (nSPS) is 10.5. The quantitative estimate of drug-likeness (QED) is 0.732. The summed E-state index contributed by atoms with van der Waals surface area (Å²) in [6, 6.07) is 15.5. The number of aryl methyl sites for hydroxylation is 1. The Morgan fingerprint density at radius 1 is 1.17 bits per heavy atom. The maximum absolute atomic E-state index is 12.1. The Kier molecular flexibility index (Phi) is 4.73. The van der Waals surface area contributed by atoms with E-state index in [0.717, 1.165) is 16.3 Å². The molecule has 0 atom stereocenters. The van der Waals surface area contributed by atoms with Crippen molar-refractivity contribution in [2.24, 2.45) is 0 Å². The Morgan fingerprint density at radius 3 is 2.65 bits per heavy atom. The molecule has 1 heterocycles. The van der Waals surface area contributed by atoms with Crippen LogP contribution in [0.4, 0.5) is 5.69 Å². The van der Waals surface area contributed by atoms with Crippen molar-refractivity contribution in [1.82, 2.24) is 14.8 Å². The molecule has 116 valence electrons. The molecule has 0 aliphatic rings. The summed E-state index contributed by atoms with van der Waals surface area (Å²) in [6.07, 6.45) is 3.12. The van der Waals surface area contributed by atoms with Crippen molar-refractivity contribution in [2.45, 2.75) is 11.8 Å². The first kappa shape index (κ1) is 15.3. The molecule has 3 aromatic rings. The van der Waals surface area contributed by atoms with Gasteiger partial charge in [-0.2, -0.15) is 5.10 Å². The van der Waals surface area contributed by atoms with Crippen molar-refractivity contribution >= 4 is 23.4 Å². The third-order valence-corrected chi connectivity index (χ3v) is 4.46. The highest BCUT2D eigenvalue weighted by atomic mass is 32.2. The third kappa shape index (κ3) is 3.98. The number of carbonyl (C=O) groups is 1. The lowest BCUT2D eigenvalue weighted by molar-refractivity contribution is -0.113. The van der Waals surface area contributed by atoms with Gasteiger partial charge >= 0.3 is 0 Å². The van der Waals surface area contributed by atoms with Gasteiger partial charge in [-0.25, -0.2) is 9.67 Å². The van der Waals surface area contributed by atoms with Gasteiger partial charge in [-0.05, 0) is 42.8 Å². The van der Waals surface area contributed by atoms with Gasteiger partial charge in [-0.1, -0.05) is 18.2 Å². The minimum atomic E-state index is -0.0215. The van der Waals surface area contributed by atoms with E-state index in [1.807, 2.05) is 55.5 Å². The summed E-state index contributed by atoms with van der Waals surface area (Å²) in [5.74, 6) is 0.363. The first-order chi connectivity index (χ1) is 11.2. The van der Waals surface area contributed by atoms with Crippen molar-refractivity contribution in [1.29, 1.82) is 0 Å². The molecule has 1 aromatic heterocycles. The zero-order valence-electron chi connectivity index (χ0n) is 12.6. The molecular weight excluding hydrogens is 308 g/mol. The molecule has 6 heteroatoms. The molecule has 0 aliphatic heterocycles. The van der Waals surface area contributed by atoms with Gasteiger partial charge in [0.05, 0.1) is 11.4 Å². The van der Waals surface area contributed by atoms with Crippen LogP contribution in [-0.4, -0.2) is 26.4 Å². The highest BCUT2D eigenvalue weighted by Crippen LogP contribution is 2.22. The van der Waals surface area contributed by atoms with Crippen LogP contribution in [0.1, 0.15) is 5.56 Å². The summed E-state index contributed by atoms with van der Waals surface area (Å²) >= 11 is 1.54. The standard InChI is InChI=1S/C17H16N4OS/c1-13-4-2-3-5-16(13)23-10-17(22)20-14-6-8-15(9-7-14)21-12-18-11-19-21/h2-9,11-12H,10H2,1H3,(H,20,22). The second-order valence-electron chi connectivity index (χ2n) is 4.99. The largest absolute Gasteiger partial charge is 0.325 e. The van der Waals surface area contributed by atoms with Crippen LogP contribution < -0.4 is 5.32 Å². The number of anilines is 1. The van der Waals surface area contributed by atoms with Crippen LogP contribution in [0.2, 0.25) is 0 Å². The van der Waals surface area contributed by atoms with E-state index < -0.39 is 0 Å². The van der Waals surface area contributed by atoms with Crippen LogP contribution in [0, 0.1) is 6.92 Å². The fourth-order valence-corrected chi connectivity index (χ4v) is 2.93. The van der Waals surface area contributed by atoms with Crippen LogP contribution in [0.15, 0.2) is 66.1 Å². The summed E-state index contributed by atoms with van der Waals surface area (Å²) < 4.78 is 1.67. The molecule has 1 N–H and O–H groups in total. The lowest BCUT2D eigenvalue weighted by Gasteiger charge is -2.07. The number of nitrogens with zero attached hydrogens (tertiary/aromatic N) is 3. The SMILES string of the molecule is Cc1ccccc1SCC(=O)Nc1ccc(-n2cncn2)cc1. The molecule has 5 nitrogen and oxygen atoms in total. The van der Waals surface area contributed by atoms with Crippen molar-refractivity contribution in [3.05, 3.63) is 66.7 Å². The zero-order valence-corrected chi connectivity index (χ0v) is 13.5. The molecule has 23 heavy (non-hydrogen) atoms. The average Bonchev–Trinajstić information content (AvgIpc) is 3.09. The van der Waals surface area contributed by atoms with Gasteiger partial charge in [0.25, 0.3) is 0 Å². The zero-order chi connectivity index (χ0) is 16.1. The first-order valence-corrected chi connectivity index (χ1v) is 8.14. The number of rotatable bonds is 5. The highest BCUT2D eigenvalue weighted by Gasteiger charge is 2.05.